The van der Waals surface area contributed by atoms with Crippen molar-refractivity contribution < 1.29 is 27.6 Å². The number of Topliss-reactive ketones (excluding diaryl/α,β-unsaturated/α-hetero) is 1. The number of nitrogens with one attached hydrogen (secondary N) is 3. The first-order valence-corrected chi connectivity index (χ1v) is 10.9. The van der Waals surface area contributed by atoms with Gasteiger partial charge in [0.15, 0.2) is 0 Å². The number of alkyl halides is 2. The van der Waals surface area contributed by atoms with Gasteiger partial charge in [0, 0.05) is 37.0 Å². The number of nitrogens with two attached hydrogens (primary N) is 2. The number of aromatic nitrogens is 1. The standard InChI is InChI=1S/C23H25F3N6O3/c1-12-17(19(33)21(35)31-22(16(27)9-29-28)10-23(25,26)11-22)15-3-2-8-32(15)18(12)20(34)30-14-6-4-13(24)5-7-14/h4-7,9,29H,2-3,8,10-11,27-28H2,1H3,(H,30,34)(H,31,35)/b16-9-. The SMILES string of the molecule is Cc1c(C(=O)C(=O)NC2(/C(N)=C/NN)CC(F)(F)C2)c2n(c1C(=O)Nc1ccc(F)cc1)CCC2. The molecule has 0 spiro atoms. The molecule has 1 aliphatic heterocycles. The number of ketones is 1. The van der Waals surface area contributed by atoms with Gasteiger partial charge in [-0.25, -0.2) is 13.2 Å². The molecule has 2 heterocycles. The Hall–Kier alpha value is -3.80. The van der Waals surface area contributed by atoms with Crippen LogP contribution in [-0.2, 0) is 17.8 Å². The van der Waals surface area contributed by atoms with Crippen LogP contribution in [0.25, 0.3) is 0 Å². The second-order valence-corrected chi connectivity index (χ2v) is 8.85. The summed E-state index contributed by atoms with van der Waals surface area (Å²) in [6, 6.07) is 5.20. The van der Waals surface area contributed by atoms with Crippen LogP contribution in [0.3, 0.4) is 0 Å². The molecule has 0 bridgehead atoms. The molecule has 1 aromatic carbocycles. The molecule has 7 N–H and O–H groups in total. The summed E-state index contributed by atoms with van der Waals surface area (Å²) in [6.07, 6.45) is 0.644. The van der Waals surface area contributed by atoms with Gasteiger partial charge in [-0.3, -0.25) is 20.2 Å². The summed E-state index contributed by atoms with van der Waals surface area (Å²) in [7, 11) is 0. The van der Waals surface area contributed by atoms with E-state index >= 15 is 0 Å². The molecular weight excluding hydrogens is 465 g/mol. The van der Waals surface area contributed by atoms with Crippen molar-refractivity contribution in [3.05, 3.63) is 64.5 Å². The van der Waals surface area contributed by atoms with Crippen LogP contribution in [0.2, 0.25) is 0 Å². The lowest BCUT2D eigenvalue weighted by molar-refractivity contribution is -0.137. The molecule has 9 nitrogen and oxygen atoms in total. The molecular formula is C23H25F3N6O3. The quantitative estimate of drug-likeness (QED) is 0.173. The molecule has 2 amide bonds. The van der Waals surface area contributed by atoms with Gasteiger partial charge in [0.25, 0.3) is 23.5 Å². The van der Waals surface area contributed by atoms with E-state index in [9.17, 15) is 27.6 Å². The molecule has 12 heteroatoms. The van der Waals surface area contributed by atoms with Gasteiger partial charge in [-0.05, 0) is 49.6 Å². The minimum atomic E-state index is -3.05. The number of benzene rings is 1. The first kappa shape index (κ1) is 24.3. The lowest BCUT2D eigenvalue weighted by atomic mass is 9.71. The summed E-state index contributed by atoms with van der Waals surface area (Å²) in [6.45, 7) is 2.01. The number of hydrogen-bond donors (Lipinski definition) is 5. The third-order valence-corrected chi connectivity index (χ3v) is 6.43. The van der Waals surface area contributed by atoms with Crippen molar-refractivity contribution in [1.82, 2.24) is 15.3 Å². The van der Waals surface area contributed by atoms with Crippen LogP contribution in [0, 0.1) is 12.7 Å². The van der Waals surface area contributed by atoms with Crippen molar-refractivity contribution in [3.8, 4) is 0 Å². The molecule has 35 heavy (non-hydrogen) atoms. The predicted octanol–water partition coefficient (Wildman–Crippen LogP) is 1.86. The van der Waals surface area contributed by atoms with E-state index in [0.29, 0.717) is 36.3 Å². The Morgan fingerprint density at radius 3 is 2.40 bits per heavy atom. The molecule has 0 unspecified atom stereocenters. The van der Waals surface area contributed by atoms with E-state index < -0.39 is 47.7 Å². The first-order chi connectivity index (χ1) is 16.5. The van der Waals surface area contributed by atoms with Crippen LogP contribution < -0.4 is 27.6 Å². The number of carbonyl (C=O) groups excluding carboxylic acids is 3. The maximum atomic E-state index is 13.7. The van der Waals surface area contributed by atoms with Gasteiger partial charge in [0.05, 0.1) is 16.8 Å². The van der Waals surface area contributed by atoms with E-state index in [1.165, 1.54) is 24.3 Å². The van der Waals surface area contributed by atoms with Crippen LogP contribution in [-0.4, -0.2) is 33.6 Å². The number of halogens is 3. The average Bonchev–Trinajstić information content (AvgIpc) is 3.32. The molecule has 4 rings (SSSR count). The summed E-state index contributed by atoms with van der Waals surface area (Å²) in [5.74, 6) is -0.890. The van der Waals surface area contributed by atoms with Gasteiger partial charge in [-0.1, -0.05) is 0 Å². The highest BCUT2D eigenvalue weighted by Crippen LogP contribution is 2.48. The fourth-order valence-electron chi connectivity index (χ4n) is 4.85. The molecule has 1 fully saturated rings. The summed E-state index contributed by atoms with van der Waals surface area (Å²) >= 11 is 0. The van der Waals surface area contributed by atoms with Crippen molar-refractivity contribution in [2.75, 3.05) is 5.32 Å². The van der Waals surface area contributed by atoms with Crippen LogP contribution in [0.4, 0.5) is 18.9 Å². The van der Waals surface area contributed by atoms with E-state index in [4.69, 9.17) is 11.6 Å². The lowest BCUT2D eigenvalue weighted by Gasteiger charge is -2.47. The third kappa shape index (κ3) is 4.36. The molecule has 0 radical (unpaired) electrons. The summed E-state index contributed by atoms with van der Waals surface area (Å²) in [5, 5.41) is 5.04. The highest BCUT2D eigenvalue weighted by Gasteiger charge is 2.59. The van der Waals surface area contributed by atoms with Crippen molar-refractivity contribution >= 4 is 23.3 Å². The van der Waals surface area contributed by atoms with Crippen LogP contribution in [0.5, 0.6) is 0 Å². The normalized spacial score (nSPS) is 17.8. The van der Waals surface area contributed by atoms with Crippen molar-refractivity contribution in [3.63, 3.8) is 0 Å². The van der Waals surface area contributed by atoms with E-state index in [2.05, 4.69) is 16.1 Å². The molecule has 2 aromatic rings. The van der Waals surface area contributed by atoms with Gasteiger partial charge in [0.1, 0.15) is 11.5 Å². The maximum Gasteiger partial charge on any atom is 0.293 e. The van der Waals surface area contributed by atoms with Gasteiger partial charge < -0.3 is 26.4 Å². The summed E-state index contributed by atoms with van der Waals surface area (Å²) < 4.78 is 42.3. The highest BCUT2D eigenvalue weighted by molar-refractivity contribution is 6.44. The monoisotopic (exact) mass is 490 g/mol. The minimum Gasteiger partial charge on any atom is -0.399 e. The molecule has 2 aliphatic rings. The second kappa shape index (κ2) is 8.77. The van der Waals surface area contributed by atoms with Gasteiger partial charge in [-0.15, -0.1) is 0 Å². The lowest BCUT2D eigenvalue weighted by Crippen LogP contribution is -2.65. The third-order valence-electron chi connectivity index (χ3n) is 6.43. The fourth-order valence-corrected chi connectivity index (χ4v) is 4.85. The van der Waals surface area contributed by atoms with E-state index in [1.54, 1.807) is 11.5 Å². The Balaban J connectivity index is 1.62. The predicted molar refractivity (Wildman–Crippen MR) is 121 cm³/mol. The number of hydrogen-bond acceptors (Lipinski definition) is 6. The zero-order chi connectivity index (χ0) is 25.5. The van der Waals surface area contributed by atoms with E-state index in [1.807, 2.05) is 0 Å². The fraction of sp³-hybridized carbons (Fsp3) is 0.348. The molecule has 1 aliphatic carbocycles. The molecule has 1 aromatic heterocycles. The van der Waals surface area contributed by atoms with E-state index in [-0.39, 0.29) is 17.0 Å². The first-order valence-electron chi connectivity index (χ1n) is 10.9. The Morgan fingerprint density at radius 2 is 1.80 bits per heavy atom. The second-order valence-electron chi connectivity index (χ2n) is 8.85. The van der Waals surface area contributed by atoms with Gasteiger partial charge >= 0.3 is 0 Å². The van der Waals surface area contributed by atoms with Gasteiger partial charge in [0.2, 0.25) is 0 Å². The Morgan fingerprint density at radius 1 is 1.14 bits per heavy atom. The molecule has 0 saturated heterocycles. The summed E-state index contributed by atoms with van der Waals surface area (Å²) in [4.78, 5) is 39.2. The van der Waals surface area contributed by atoms with Crippen LogP contribution in [0.1, 0.15) is 51.4 Å². The molecule has 0 atom stereocenters. The molecule has 186 valence electrons. The minimum absolute atomic E-state index is 0.0602. The van der Waals surface area contributed by atoms with Gasteiger partial charge in [-0.2, -0.15) is 0 Å². The maximum absolute atomic E-state index is 13.7. The largest absolute Gasteiger partial charge is 0.399 e. The number of fused-ring (bicyclic) bond motifs is 1. The number of amides is 2. The number of rotatable bonds is 7. The highest BCUT2D eigenvalue weighted by atomic mass is 19.3. The Bertz CT molecular complexity index is 1230. The smallest absolute Gasteiger partial charge is 0.293 e. The van der Waals surface area contributed by atoms with Crippen LogP contribution >= 0.6 is 0 Å². The summed E-state index contributed by atoms with van der Waals surface area (Å²) in [5.41, 5.74) is 7.68. The van der Waals surface area contributed by atoms with Crippen LogP contribution in [0.15, 0.2) is 36.2 Å². The topological polar surface area (TPSA) is 144 Å². The number of nitrogens with zero attached hydrogens (tertiary/aromatic N) is 1. The van der Waals surface area contributed by atoms with Crippen molar-refractivity contribution in [2.24, 2.45) is 11.6 Å². The molecule has 1 saturated carbocycles. The zero-order valence-electron chi connectivity index (χ0n) is 18.9. The van der Waals surface area contributed by atoms with E-state index in [0.717, 1.165) is 6.20 Å². The number of carbonyl (C=O) groups is 3. The number of anilines is 1. The van der Waals surface area contributed by atoms with Crippen molar-refractivity contribution in [1.29, 1.82) is 0 Å². The Labute approximate surface area is 198 Å². The Kier molecular flexibility index (Phi) is 6.09. The number of hydrazine groups is 1. The zero-order valence-corrected chi connectivity index (χ0v) is 18.9. The van der Waals surface area contributed by atoms with Crippen molar-refractivity contribution in [2.45, 2.75) is 50.6 Å². The average molecular weight is 490 g/mol.